The van der Waals surface area contributed by atoms with Crippen LogP contribution in [0.1, 0.15) is 44.0 Å². The fourth-order valence-electron chi connectivity index (χ4n) is 4.48. The average molecular weight is 523 g/mol. The lowest BCUT2D eigenvalue weighted by atomic mass is 9.98. The van der Waals surface area contributed by atoms with E-state index in [-0.39, 0.29) is 17.8 Å². The summed E-state index contributed by atoms with van der Waals surface area (Å²) in [6.07, 6.45) is 3.43. The minimum Gasteiger partial charge on any atom is -0.497 e. The van der Waals surface area contributed by atoms with E-state index in [1.54, 1.807) is 25.8 Å². The van der Waals surface area contributed by atoms with Crippen LogP contribution in [0, 0.1) is 5.92 Å². The Kier molecular flexibility index (Phi) is 9.59. The molecule has 9 heteroatoms. The van der Waals surface area contributed by atoms with E-state index in [1.165, 1.54) is 0 Å². The largest absolute Gasteiger partial charge is 0.497 e. The zero-order valence-electron chi connectivity index (χ0n) is 21.5. The van der Waals surface area contributed by atoms with Gasteiger partial charge in [0.2, 0.25) is 5.91 Å². The number of methoxy groups -OCH3 is 1. The molecule has 0 bridgehead atoms. The molecule has 0 radical (unpaired) electrons. The molecule has 1 amide bonds. The summed E-state index contributed by atoms with van der Waals surface area (Å²) in [5.41, 5.74) is 2.13. The third-order valence-electron chi connectivity index (χ3n) is 6.40. The van der Waals surface area contributed by atoms with Crippen LogP contribution < -0.4 is 4.74 Å². The number of likely N-dealkylation sites (tertiary alicyclic amines) is 1. The molecule has 1 aromatic heterocycles. The lowest BCUT2D eigenvalue weighted by molar-refractivity contribution is -0.151. The van der Waals surface area contributed by atoms with Crippen LogP contribution in [-0.4, -0.2) is 64.1 Å². The molecule has 2 heterocycles. The number of nitrogens with zero attached hydrogens (tertiary/aromatic N) is 4. The van der Waals surface area contributed by atoms with Gasteiger partial charge in [0.15, 0.2) is 5.16 Å². The number of rotatable bonds is 11. The Balaban J connectivity index is 1.38. The Morgan fingerprint density at radius 2 is 1.86 bits per heavy atom. The highest BCUT2D eigenvalue weighted by Gasteiger charge is 2.29. The molecular formula is C28H34N4O4S. The van der Waals surface area contributed by atoms with Crippen LogP contribution in [0.25, 0.3) is 5.69 Å². The zero-order valence-corrected chi connectivity index (χ0v) is 22.3. The number of hydrogen-bond donors (Lipinski definition) is 0. The van der Waals surface area contributed by atoms with Gasteiger partial charge >= 0.3 is 5.97 Å². The van der Waals surface area contributed by atoms with Gasteiger partial charge in [-0.05, 0) is 56.0 Å². The van der Waals surface area contributed by atoms with Crippen LogP contribution in [0.15, 0.2) is 59.8 Å². The number of ether oxygens (including phenoxy) is 2. The number of piperidine rings is 1. The van der Waals surface area contributed by atoms with Crippen LogP contribution >= 0.6 is 11.8 Å². The van der Waals surface area contributed by atoms with Crippen molar-refractivity contribution in [3.8, 4) is 11.4 Å². The van der Waals surface area contributed by atoms with Gasteiger partial charge in [-0.15, -0.1) is 10.2 Å². The molecule has 0 spiro atoms. The third kappa shape index (κ3) is 7.13. The van der Waals surface area contributed by atoms with Crippen molar-refractivity contribution in [1.29, 1.82) is 0 Å². The summed E-state index contributed by atoms with van der Waals surface area (Å²) in [5.74, 6) is 2.07. The maximum absolute atomic E-state index is 12.8. The molecule has 0 N–H and O–H groups in total. The first-order valence-electron chi connectivity index (χ1n) is 12.8. The van der Waals surface area contributed by atoms with Gasteiger partial charge in [-0.1, -0.05) is 42.1 Å². The smallest absolute Gasteiger partial charge is 0.310 e. The molecule has 2 aromatic carbocycles. The minimum atomic E-state index is -0.210. The second kappa shape index (κ2) is 13.3. The van der Waals surface area contributed by atoms with Crippen LogP contribution in [0.2, 0.25) is 0 Å². The molecule has 1 atom stereocenters. The van der Waals surface area contributed by atoms with Crippen molar-refractivity contribution >= 4 is 23.6 Å². The average Bonchev–Trinajstić information content (AvgIpc) is 3.33. The number of benzene rings is 2. The van der Waals surface area contributed by atoms with Crippen molar-refractivity contribution in [2.45, 2.75) is 44.2 Å². The fourth-order valence-corrected chi connectivity index (χ4v) is 5.39. The highest BCUT2D eigenvalue weighted by Crippen LogP contribution is 2.26. The summed E-state index contributed by atoms with van der Waals surface area (Å²) in [7, 11) is 1.65. The normalized spacial score (nSPS) is 15.4. The van der Waals surface area contributed by atoms with Crippen LogP contribution in [0.4, 0.5) is 0 Å². The molecule has 1 aliphatic heterocycles. The second-order valence-corrected chi connectivity index (χ2v) is 10.0. The number of aromatic nitrogens is 3. The van der Waals surface area contributed by atoms with Crippen molar-refractivity contribution in [2.75, 3.05) is 32.6 Å². The molecule has 4 rings (SSSR count). The molecule has 1 aliphatic rings. The van der Waals surface area contributed by atoms with E-state index in [0.29, 0.717) is 39.0 Å². The van der Waals surface area contributed by atoms with Gasteiger partial charge in [-0.2, -0.15) is 0 Å². The number of hydrogen-bond acceptors (Lipinski definition) is 7. The summed E-state index contributed by atoms with van der Waals surface area (Å²) < 4.78 is 12.6. The predicted octanol–water partition coefficient (Wildman–Crippen LogP) is 4.54. The summed E-state index contributed by atoms with van der Waals surface area (Å²) in [6, 6.07) is 18.1. The van der Waals surface area contributed by atoms with Crippen LogP contribution in [0.5, 0.6) is 5.75 Å². The topological polar surface area (TPSA) is 86.5 Å². The van der Waals surface area contributed by atoms with Crippen molar-refractivity contribution < 1.29 is 19.1 Å². The fraction of sp³-hybridized carbons (Fsp3) is 0.429. The predicted molar refractivity (Wildman–Crippen MR) is 143 cm³/mol. The number of carbonyl (C=O) groups is 2. The SMILES string of the molecule is CCOC(=O)C1CCCN(C(=O)CCCSc2nnc(Cc3ccccc3)n2-c2ccc(OC)cc2)C1. The van der Waals surface area contributed by atoms with Gasteiger partial charge in [0, 0.05) is 37.4 Å². The Labute approximate surface area is 222 Å². The maximum Gasteiger partial charge on any atom is 0.310 e. The Hall–Kier alpha value is -3.33. The Morgan fingerprint density at radius 1 is 1.08 bits per heavy atom. The lowest BCUT2D eigenvalue weighted by Crippen LogP contribution is -2.42. The van der Waals surface area contributed by atoms with E-state index in [9.17, 15) is 9.59 Å². The molecule has 196 valence electrons. The van der Waals surface area contributed by atoms with Gasteiger partial charge in [-0.3, -0.25) is 14.2 Å². The first-order chi connectivity index (χ1) is 18.1. The summed E-state index contributed by atoms with van der Waals surface area (Å²) in [4.78, 5) is 26.7. The van der Waals surface area contributed by atoms with E-state index in [1.807, 2.05) is 47.4 Å². The first kappa shape index (κ1) is 26.7. The highest BCUT2D eigenvalue weighted by molar-refractivity contribution is 7.99. The van der Waals surface area contributed by atoms with Crippen molar-refractivity contribution in [3.63, 3.8) is 0 Å². The lowest BCUT2D eigenvalue weighted by Gasteiger charge is -2.31. The molecule has 37 heavy (non-hydrogen) atoms. The maximum atomic E-state index is 12.8. The molecular weight excluding hydrogens is 488 g/mol. The summed E-state index contributed by atoms with van der Waals surface area (Å²) in [5, 5.41) is 9.78. The monoisotopic (exact) mass is 522 g/mol. The number of carbonyl (C=O) groups excluding carboxylic acids is 2. The molecule has 3 aromatic rings. The highest BCUT2D eigenvalue weighted by atomic mass is 32.2. The second-order valence-electron chi connectivity index (χ2n) is 8.98. The third-order valence-corrected chi connectivity index (χ3v) is 7.41. The van der Waals surface area contributed by atoms with Gasteiger partial charge in [0.05, 0.1) is 19.6 Å². The van der Waals surface area contributed by atoms with Gasteiger partial charge in [0.25, 0.3) is 0 Å². The molecule has 1 fully saturated rings. The standard InChI is InChI=1S/C28H34N4O4S/c1-3-36-27(34)22-11-7-17-31(20-22)26(33)12-8-18-37-28-30-29-25(19-21-9-5-4-6-10-21)32(28)23-13-15-24(35-2)16-14-23/h4-6,9-10,13-16,22H,3,7-8,11-12,17-20H2,1-2H3. The van der Waals surface area contributed by atoms with E-state index < -0.39 is 0 Å². The van der Waals surface area contributed by atoms with Crippen LogP contribution in [-0.2, 0) is 20.7 Å². The van der Waals surface area contributed by atoms with Crippen LogP contribution in [0.3, 0.4) is 0 Å². The van der Waals surface area contributed by atoms with E-state index in [0.717, 1.165) is 46.6 Å². The minimum absolute atomic E-state index is 0.0935. The van der Waals surface area contributed by atoms with Crippen molar-refractivity contribution in [3.05, 3.63) is 66.0 Å². The quantitative estimate of drug-likeness (QED) is 0.208. The molecule has 0 saturated carbocycles. The number of esters is 1. The number of amides is 1. The summed E-state index contributed by atoms with van der Waals surface area (Å²) >= 11 is 1.60. The molecule has 1 saturated heterocycles. The first-order valence-corrected chi connectivity index (χ1v) is 13.8. The van der Waals surface area contributed by atoms with Crippen molar-refractivity contribution in [1.82, 2.24) is 19.7 Å². The Morgan fingerprint density at radius 3 is 2.59 bits per heavy atom. The summed E-state index contributed by atoms with van der Waals surface area (Å²) in [6.45, 7) is 3.34. The van der Waals surface area contributed by atoms with E-state index >= 15 is 0 Å². The van der Waals surface area contributed by atoms with Gasteiger partial charge < -0.3 is 14.4 Å². The molecule has 0 aliphatic carbocycles. The van der Waals surface area contributed by atoms with Crippen molar-refractivity contribution in [2.24, 2.45) is 5.92 Å². The number of thioether (sulfide) groups is 1. The van der Waals surface area contributed by atoms with Gasteiger partial charge in [0.1, 0.15) is 11.6 Å². The molecule has 8 nitrogen and oxygen atoms in total. The van der Waals surface area contributed by atoms with E-state index in [4.69, 9.17) is 9.47 Å². The van der Waals surface area contributed by atoms with E-state index in [2.05, 4.69) is 26.9 Å². The molecule has 1 unspecified atom stereocenters. The Bertz CT molecular complexity index is 1170. The zero-order chi connectivity index (χ0) is 26.0. The van der Waals surface area contributed by atoms with Gasteiger partial charge in [-0.25, -0.2) is 0 Å².